The number of carbonyl (C=O) groups is 1. The Balaban J connectivity index is 1.16. The number of para-hydroxylation sites is 1. The molecule has 5 rings (SSSR count). The first-order chi connectivity index (χ1) is 16.6. The van der Waals surface area contributed by atoms with Crippen molar-refractivity contribution in [2.45, 2.75) is 20.4 Å². The van der Waals surface area contributed by atoms with E-state index in [1.807, 2.05) is 48.9 Å². The van der Waals surface area contributed by atoms with Crippen LogP contribution in [0.2, 0.25) is 0 Å². The van der Waals surface area contributed by atoms with Gasteiger partial charge in [-0.05, 0) is 42.3 Å². The van der Waals surface area contributed by atoms with E-state index in [4.69, 9.17) is 0 Å². The number of piperazine rings is 1. The molecule has 1 amide bonds. The molecule has 6 heteroatoms. The van der Waals surface area contributed by atoms with Crippen molar-refractivity contribution in [3.8, 4) is 5.69 Å². The number of aromatic nitrogens is 2. The second-order valence-corrected chi connectivity index (χ2v) is 9.03. The Morgan fingerprint density at radius 1 is 0.853 bits per heavy atom. The van der Waals surface area contributed by atoms with Gasteiger partial charge in [0.2, 0.25) is 5.91 Å². The van der Waals surface area contributed by atoms with Gasteiger partial charge in [0.1, 0.15) is 0 Å². The van der Waals surface area contributed by atoms with E-state index in [0.29, 0.717) is 6.54 Å². The molecule has 0 radical (unpaired) electrons. The Morgan fingerprint density at radius 2 is 1.53 bits per heavy atom. The molecule has 1 fully saturated rings. The van der Waals surface area contributed by atoms with Crippen LogP contribution in [0.4, 0.5) is 5.69 Å². The Morgan fingerprint density at radius 3 is 2.32 bits per heavy atom. The minimum atomic E-state index is 0.0151. The zero-order valence-corrected chi connectivity index (χ0v) is 19.9. The molecule has 6 nitrogen and oxygen atoms in total. The molecule has 0 bridgehead atoms. The van der Waals surface area contributed by atoms with Crippen molar-refractivity contribution in [1.29, 1.82) is 0 Å². The fourth-order valence-electron chi connectivity index (χ4n) is 4.80. The maximum absolute atomic E-state index is 12.8. The third-order valence-corrected chi connectivity index (χ3v) is 6.66. The van der Waals surface area contributed by atoms with Crippen LogP contribution in [0.25, 0.3) is 16.5 Å². The van der Waals surface area contributed by atoms with Gasteiger partial charge >= 0.3 is 0 Å². The fourth-order valence-corrected chi connectivity index (χ4v) is 4.80. The molecular formula is C28H31N5O. The Hall–Kier alpha value is -3.48. The third-order valence-electron chi connectivity index (χ3n) is 6.66. The highest BCUT2D eigenvalue weighted by molar-refractivity contribution is 5.93. The van der Waals surface area contributed by atoms with Crippen molar-refractivity contribution in [1.82, 2.24) is 19.6 Å². The highest BCUT2D eigenvalue weighted by Crippen LogP contribution is 2.23. The maximum Gasteiger partial charge on any atom is 0.238 e. The highest BCUT2D eigenvalue weighted by atomic mass is 16.2. The van der Waals surface area contributed by atoms with Crippen LogP contribution in [-0.4, -0.2) is 58.2 Å². The van der Waals surface area contributed by atoms with E-state index in [2.05, 4.69) is 62.7 Å². The smallest absolute Gasteiger partial charge is 0.238 e. The van der Waals surface area contributed by atoms with Gasteiger partial charge in [-0.2, -0.15) is 5.10 Å². The van der Waals surface area contributed by atoms with Crippen molar-refractivity contribution in [2.24, 2.45) is 0 Å². The lowest BCUT2D eigenvalue weighted by molar-refractivity contribution is -0.117. The van der Waals surface area contributed by atoms with Gasteiger partial charge in [0.15, 0.2) is 0 Å². The summed E-state index contributed by atoms with van der Waals surface area (Å²) >= 11 is 0. The summed E-state index contributed by atoms with van der Waals surface area (Å²) < 4.78 is 1.89. The van der Waals surface area contributed by atoms with Crippen LogP contribution in [0.1, 0.15) is 17.0 Å². The van der Waals surface area contributed by atoms with Crippen LogP contribution in [0, 0.1) is 13.8 Å². The SMILES string of the molecule is Cc1nn(-c2ccccc2)c(C)c1NC(=O)CN1CCN(Cc2cccc3ccccc23)CC1. The summed E-state index contributed by atoms with van der Waals surface area (Å²) in [5.41, 5.74) is 4.94. The summed E-state index contributed by atoms with van der Waals surface area (Å²) in [5.74, 6) is 0.0151. The maximum atomic E-state index is 12.8. The number of amides is 1. The van der Waals surface area contributed by atoms with Crippen molar-refractivity contribution in [2.75, 3.05) is 38.0 Å². The van der Waals surface area contributed by atoms with Crippen LogP contribution in [-0.2, 0) is 11.3 Å². The van der Waals surface area contributed by atoms with Crippen LogP contribution >= 0.6 is 0 Å². The lowest BCUT2D eigenvalue weighted by Gasteiger charge is -2.34. The molecule has 1 N–H and O–H groups in total. The van der Waals surface area contributed by atoms with Gasteiger partial charge in [0.05, 0.1) is 29.3 Å². The van der Waals surface area contributed by atoms with Gasteiger partial charge in [0, 0.05) is 32.7 Å². The number of aryl methyl sites for hydroxylation is 1. The summed E-state index contributed by atoms with van der Waals surface area (Å²) in [5, 5.41) is 10.4. The first-order valence-corrected chi connectivity index (χ1v) is 11.9. The Bertz CT molecular complexity index is 1280. The molecule has 34 heavy (non-hydrogen) atoms. The summed E-state index contributed by atoms with van der Waals surface area (Å²) in [7, 11) is 0. The topological polar surface area (TPSA) is 53.4 Å². The van der Waals surface area contributed by atoms with Gasteiger partial charge in [-0.15, -0.1) is 0 Å². The number of fused-ring (bicyclic) bond motifs is 1. The van der Waals surface area contributed by atoms with Crippen molar-refractivity contribution >= 4 is 22.4 Å². The standard InChI is InChI=1S/C28H31N5O/c1-21-28(22(2)33(30-21)25-12-4-3-5-13-25)29-27(34)20-32-17-15-31(16-18-32)19-24-11-8-10-23-9-6-7-14-26(23)24/h3-14H,15-20H2,1-2H3,(H,29,34). The van der Waals surface area contributed by atoms with E-state index < -0.39 is 0 Å². The Kier molecular flexibility index (Phi) is 6.43. The minimum absolute atomic E-state index is 0.0151. The van der Waals surface area contributed by atoms with Gasteiger partial charge in [-0.3, -0.25) is 14.6 Å². The number of hydrogen-bond donors (Lipinski definition) is 1. The molecular weight excluding hydrogens is 422 g/mol. The summed E-state index contributed by atoms with van der Waals surface area (Å²) in [4.78, 5) is 17.6. The van der Waals surface area contributed by atoms with Crippen molar-refractivity contribution < 1.29 is 4.79 Å². The molecule has 0 aliphatic carbocycles. The number of nitrogens with zero attached hydrogens (tertiary/aromatic N) is 4. The first kappa shape index (κ1) is 22.3. The average molecular weight is 454 g/mol. The van der Waals surface area contributed by atoms with Crippen LogP contribution in [0.5, 0.6) is 0 Å². The molecule has 174 valence electrons. The monoisotopic (exact) mass is 453 g/mol. The van der Waals surface area contributed by atoms with Crippen LogP contribution < -0.4 is 5.32 Å². The third kappa shape index (κ3) is 4.74. The molecule has 1 saturated heterocycles. The molecule has 0 atom stereocenters. The molecule has 3 aromatic carbocycles. The number of hydrogen-bond acceptors (Lipinski definition) is 4. The molecule has 4 aromatic rings. The predicted molar refractivity (Wildman–Crippen MR) is 137 cm³/mol. The van der Waals surface area contributed by atoms with Crippen molar-refractivity contribution in [3.05, 3.63) is 89.7 Å². The van der Waals surface area contributed by atoms with Crippen molar-refractivity contribution in [3.63, 3.8) is 0 Å². The first-order valence-electron chi connectivity index (χ1n) is 11.9. The lowest BCUT2D eigenvalue weighted by atomic mass is 10.0. The lowest BCUT2D eigenvalue weighted by Crippen LogP contribution is -2.48. The highest BCUT2D eigenvalue weighted by Gasteiger charge is 2.21. The van der Waals surface area contributed by atoms with E-state index >= 15 is 0 Å². The summed E-state index contributed by atoms with van der Waals surface area (Å²) in [6, 6.07) is 25.1. The average Bonchev–Trinajstić information content (AvgIpc) is 3.14. The molecule has 2 heterocycles. The molecule has 1 aliphatic heterocycles. The normalized spacial score (nSPS) is 15.0. The Labute approximate surface area is 200 Å². The van der Waals surface area contributed by atoms with E-state index in [1.54, 1.807) is 0 Å². The van der Waals surface area contributed by atoms with Crippen LogP contribution in [0.15, 0.2) is 72.8 Å². The number of anilines is 1. The van der Waals surface area contributed by atoms with Gasteiger partial charge in [-0.25, -0.2) is 4.68 Å². The zero-order chi connectivity index (χ0) is 23.5. The van der Waals surface area contributed by atoms with Gasteiger partial charge in [-0.1, -0.05) is 60.7 Å². The van der Waals surface area contributed by atoms with Gasteiger partial charge < -0.3 is 5.32 Å². The number of carbonyl (C=O) groups excluding carboxylic acids is 1. The second kappa shape index (κ2) is 9.79. The van der Waals surface area contributed by atoms with E-state index in [1.165, 1.54) is 16.3 Å². The number of rotatable bonds is 6. The predicted octanol–water partition coefficient (Wildman–Crippen LogP) is 4.40. The fraction of sp³-hybridized carbons (Fsp3) is 0.286. The molecule has 0 saturated carbocycles. The quantitative estimate of drug-likeness (QED) is 0.470. The largest absolute Gasteiger partial charge is 0.322 e. The molecule has 1 aliphatic rings. The van der Waals surface area contributed by atoms with E-state index in [0.717, 1.165) is 55.5 Å². The molecule has 0 unspecified atom stereocenters. The molecule has 1 aromatic heterocycles. The van der Waals surface area contributed by atoms with E-state index in [9.17, 15) is 4.79 Å². The second-order valence-electron chi connectivity index (χ2n) is 9.03. The number of nitrogens with one attached hydrogen (secondary N) is 1. The number of benzene rings is 3. The van der Waals surface area contributed by atoms with Gasteiger partial charge in [0.25, 0.3) is 0 Å². The van der Waals surface area contributed by atoms with Crippen LogP contribution in [0.3, 0.4) is 0 Å². The summed E-state index contributed by atoms with van der Waals surface area (Å²) in [6.45, 7) is 8.97. The zero-order valence-electron chi connectivity index (χ0n) is 19.9. The summed E-state index contributed by atoms with van der Waals surface area (Å²) in [6.07, 6.45) is 0. The minimum Gasteiger partial charge on any atom is -0.322 e. The van der Waals surface area contributed by atoms with E-state index in [-0.39, 0.29) is 5.91 Å². The molecule has 0 spiro atoms.